The van der Waals surface area contributed by atoms with Crippen molar-refractivity contribution in [2.24, 2.45) is 0 Å². The molecule has 3 rings (SSSR count). The molecular formula is C31H41Cl2F2N5O5S. The van der Waals surface area contributed by atoms with E-state index in [-0.39, 0.29) is 54.8 Å². The van der Waals surface area contributed by atoms with Crippen LogP contribution in [0.5, 0.6) is 0 Å². The number of aromatic nitrogens is 2. The lowest BCUT2D eigenvalue weighted by atomic mass is 10.00. The zero-order valence-corrected chi connectivity index (χ0v) is 28.1. The molecule has 0 spiro atoms. The van der Waals surface area contributed by atoms with Crippen molar-refractivity contribution in [2.75, 3.05) is 18.1 Å². The van der Waals surface area contributed by atoms with Crippen LogP contribution in [0.15, 0.2) is 61.1 Å². The molecule has 3 atom stereocenters. The van der Waals surface area contributed by atoms with E-state index in [2.05, 4.69) is 25.9 Å². The van der Waals surface area contributed by atoms with Gasteiger partial charge in [-0.3, -0.25) is 14.6 Å². The van der Waals surface area contributed by atoms with E-state index in [1.165, 1.54) is 18.6 Å². The minimum Gasteiger partial charge on any atom is -0.390 e. The Bertz CT molecular complexity index is 1490. The Hall–Kier alpha value is -3.23. The zero-order valence-electron chi connectivity index (χ0n) is 25.6. The van der Waals surface area contributed by atoms with Gasteiger partial charge >= 0.3 is 0 Å². The third kappa shape index (κ3) is 13.6. The third-order valence-corrected chi connectivity index (χ3v) is 8.65. The topological polar surface area (TPSA) is 150 Å². The SMILES string of the molecule is CCCCS(=O)(=O)C[C@@H](NC(=O)c1cnccn1)C(=O)N[C@@H](Cc1cc(F)cc(F)c1)[C@H](O)CNCc1cccc(CC)c1.Cl.Cl. The van der Waals surface area contributed by atoms with Gasteiger partial charge in [0.05, 0.1) is 29.8 Å². The Morgan fingerprint density at radius 2 is 1.65 bits per heavy atom. The fourth-order valence-electron chi connectivity index (χ4n) is 4.55. The molecule has 0 unspecified atom stereocenters. The van der Waals surface area contributed by atoms with Gasteiger partial charge < -0.3 is 21.1 Å². The summed E-state index contributed by atoms with van der Waals surface area (Å²) >= 11 is 0. The van der Waals surface area contributed by atoms with Crippen LogP contribution < -0.4 is 16.0 Å². The minimum absolute atomic E-state index is 0. The van der Waals surface area contributed by atoms with E-state index in [1.807, 2.05) is 38.1 Å². The van der Waals surface area contributed by atoms with Crippen LogP contribution >= 0.6 is 24.8 Å². The Morgan fingerprint density at radius 3 is 2.28 bits per heavy atom. The van der Waals surface area contributed by atoms with Gasteiger partial charge in [0, 0.05) is 31.5 Å². The number of hydrogen-bond acceptors (Lipinski definition) is 8. The molecule has 4 N–H and O–H groups in total. The molecule has 10 nitrogen and oxygen atoms in total. The molecule has 0 bridgehead atoms. The van der Waals surface area contributed by atoms with E-state index in [0.29, 0.717) is 25.5 Å². The number of nitrogens with one attached hydrogen (secondary N) is 3. The normalized spacial score (nSPS) is 13.0. The summed E-state index contributed by atoms with van der Waals surface area (Å²) in [5.41, 5.74) is 2.16. The number of nitrogens with zero attached hydrogens (tertiary/aromatic N) is 2. The summed E-state index contributed by atoms with van der Waals surface area (Å²) in [4.78, 5) is 34.1. The van der Waals surface area contributed by atoms with Crippen LogP contribution in [0.25, 0.3) is 0 Å². The Balaban J connectivity index is 0.00000529. The van der Waals surface area contributed by atoms with Crippen molar-refractivity contribution in [3.8, 4) is 0 Å². The summed E-state index contributed by atoms with van der Waals surface area (Å²) in [7, 11) is -3.78. The molecule has 2 amide bonds. The maximum atomic E-state index is 14.0. The van der Waals surface area contributed by atoms with E-state index >= 15 is 0 Å². The van der Waals surface area contributed by atoms with Crippen LogP contribution in [0, 0.1) is 11.6 Å². The highest BCUT2D eigenvalue weighted by atomic mass is 35.5. The van der Waals surface area contributed by atoms with Crippen LogP contribution in [0.3, 0.4) is 0 Å². The molecule has 2 aromatic carbocycles. The van der Waals surface area contributed by atoms with E-state index in [1.54, 1.807) is 0 Å². The molecule has 0 radical (unpaired) electrons. The standard InChI is InChI=1S/C31H39F2N5O5S.2ClH/c1-3-5-11-44(42,43)20-28(38-30(40)27-18-34-9-10-36-27)31(41)37-26(15-23-13-24(32)16-25(33)14-23)29(39)19-35-17-22-8-6-7-21(4-2)12-22;;/h6-10,12-14,16,18,26,28-29,35,39H,3-5,11,15,17,19-20H2,1-2H3,(H,37,41)(H,38,40);2*1H/t26-,28+,29+;;/m0../s1. The first-order chi connectivity index (χ1) is 21.0. The quantitative estimate of drug-likeness (QED) is 0.167. The third-order valence-electron chi connectivity index (χ3n) is 6.90. The maximum Gasteiger partial charge on any atom is 0.272 e. The predicted octanol–water partition coefficient (Wildman–Crippen LogP) is 3.35. The molecule has 1 aromatic heterocycles. The molecule has 15 heteroatoms. The van der Waals surface area contributed by atoms with Crippen molar-refractivity contribution in [1.82, 2.24) is 25.9 Å². The second-order valence-corrected chi connectivity index (χ2v) is 12.8. The lowest BCUT2D eigenvalue weighted by Crippen LogP contribution is -2.56. The van der Waals surface area contributed by atoms with E-state index in [9.17, 15) is 31.9 Å². The first-order valence-electron chi connectivity index (χ1n) is 14.5. The first kappa shape index (κ1) is 40.8. The van der Waals surface area contributed by atoms with Crippen molar-refractivity contribution < 1.29 is 31.9 Å². The number of hydrogen-bond donors (Lipinski definition) is 4. The fraction of sp³-hybridized carbons (Fsp3) is 0.419. The number of benzene rings is 2. The minimum atomic E-state index is -3.78. The van der Waals surface area contributed by atoms with Crippen molar-refractivity contribution >= 4 is 46.5 Å². The summed E-state index contributed by atoms with van der Waals surface area (Å²) < 4.78 is 53.6. The van der Waals surface area contributed by atoms with Crippen LogP contribution in [0.1, 0.15) is 53.9 Å². The number of aryl methyl sites for hydroxylation is 1. The molecule has 0 fully saturated rings. The summed E-state index contributed by atoms with van der Waals surface area (Å²) in [6, 6.07) is 8.11. The number of sulfone groups is 1. The Labute approximate surface area is 280 Å². The van der Waals surface area contributed by atoms with Crippen LogP contribution in [-0.4, -0.2) is 71.5 Å². The maximum absolute atomic E-state index is 14.0. The smallest absolute Gasteiger partial charge is 0.272 e. The zero-order chi connectivity index (χ0) is 32.1. The van der Waals surface area contributed by atoms with Crippen molar-refractivity contribution in [3.05, 3.63) is 95.1 Å². The van der Waals surface area contributed by atoms with E-state index < -0.39 is 57.2 Å². The van der Waals surface area contributed by atoms with Crippen LogP contribution in [0.4, 0.5) is 8.78 Å². The lowest BCUT2D eigenvalue weighted by Gasteiger charge is -2.27. The highest BCUT2D eigenvalue weighted by Gasteiger charge is 2.31. The predicted molar refractivity (Wildman–Crippen MR) is 177 cm³/mol. The molecule has 3 aromatic rings. The van der Waals surface area contributed by atoms with Crippen molar-refractivity contribution in [2.45, 2.75) is 64.3 Å². The fourth-order valence-corrected chi connectivity index (χ4v) is 6.19. The highest BCUT2D eigenvalue weighted by Crippen LogP contribution is 2.13. The van der Waals surface area contributed by atoms with Gasteiger partial charge in [-0.25, -0.2) is 22.2 Å². The number of aliphatic hydroxyl groups is 1. The molecule has 46 heavy (non-hydrogen) atoms. The number of amides is 2. The molecular weight excluding hydrogens is 663 g/mol. The Kier molecular flexibility index (Phi) is 17.8. The van der Waals surface area contributed by atoms with Crippen LogP contribution in [-0.2, 0) is 34.0 Å². The second kappa shape index (κ2) is 20.1. The van der Waals surface area contributed by atoms with E-state index in [4.69, 9.17) is 0 Å². The number of carbonyl (C=O) groups excluding carboxylic acids is 2. The molecule has 0 saturated carbocycles. The van der Waals surface area contributed by atoms with Gasteiger partial charge in [-0.15, -0.1) is 24.8 Å². The van der Waals surface area contributed by atoms with Gasteiger partial charge in [0.1, 0.15) is 23.4 Å². The van der Waals surface area contributed by atoms with Gasteiger partial charge in [-0.2, -0.15) is 0 Å². The number of halogens is 4. The molecule has 254 valence electrons. The van der Waals surface area contributed by atoms with E-state index in [0.717, 1.165) is 29.7 Å². The number of rotatable bonds is 17. The summed E-state index contributed by atoms with van der Waals surface area (Å²) in [5.74, 6) is -4.25. The molecule has 0 aliphatic rings. The average Bonchev–Trinajstić information content (AvgIpc) is 2.99. The van der Waals surface area contributed by atoms with Crippen LogP contribution in [0.2, 0.25) is 0 Å². The van der Waals surface area contributed by atoms with Crippen molar-refractivity contribution in [1.29, 1.82) is 0 Å². The van der Waals surface area contributed by atoms with Gasteiger partial charge in [0.25, 0.3) is 5.91 Å². The number of carbonyl (C=O) groups is 2. The van der Waals surface area contributed by atoms with Crippen molar-refractivity contribution in [3.63, 3.8) is 0 Å². The molecule has 0 aliphatic carbocycles. The van der Waals surface area contributed by atoms with Gasteiger partial charge in [0.15, 0.2) is 9.84 Å². The number of unbranched alkanes of at least 4 members (excludes halogenated alkanes) is 1. The molecule has 1 heterocycles. The average molecular weight is 705 g/mol. The van der Waals surface area contributed by atoms with Gasteiger partial charge in [0.2, 0.25) is 5.91 Å². The molecule has 0 aliphatic heterocycles. The lowest BCUT2D eigenvalue weighted by molar-refractivity contribution is -0.124. The summed E-state index contributed by atoms with van der Waals surface area (Å²) in [5, 5.41) is 19.3. The van der Waals surface area contributed by atoms with Gasteiger partial charge in [-0.1, -0.05) is 44.5 Å². The van der Waals surface area contributed by atoms with Gasteiger partial charge in [-0.05, 0) is 48.1 Å². The number of aliphatic hydroxyl groups excluding tert-OH is 1. The molecule has 0 saturated heterocycles. The largest absolute Gasteiger partial charge is 0.390 e. The highest BCUT2D eigenvalue weighted by molar-refractivity contribution is 7.91. The Morgan fingerprint density at radius 1 is 0.957 bits per heavy atom. The second-order valence-electron chi connectivity index (χ2n) is 10.6. The first-order valence-corrected chi connectivity index (χ1v) is 16.3. The summed E-state index contributed by atoms with van der Waals surface area (Å²) in [6.45, 7) is 4.26. The summed E-state index contributed by atoms with van der Waals surface area (Å²) in [6.07, 6.45) is 4.20. The monoisotopic (exact) mass is 703 g/mol.